The van der Waals surface area contributed by atoms with Crippen molar-refractivity contribution in [3.63, 3.8) is 0 Å². The van der Waals surface area contributed by atoms with Crippen molar-refractivity contribution >= 4 is 11.9 Å². The lowest BCUT2D eigenvalue weighted by Crippen LogP contribution is -2.24. The molecule has 0 radical (unpaired) electrons. The van der Waals surface area contributed by atoms with Crippen molar-refractivity contribution in [2.75, 3.05) is 13.1 Å². The van der Waals surface area contributed by atoms with Crippen LogP contribution < -0.4 is 11.1 Å². The molecule has 0 aliphatic rings. The third kappa shape index (κ3) is 11.0. The Labute approximate surface area is 96.4 Å². The van der Waals surface area contributed by atoms with Crippen molar-refractivity contribution in [1.29, 1.82) is 0 Å². The van der Waals surface area contributed by atoms with Crippen LogP contribution in [-0.2, 0) is 9.59 Å². The van der Waals surface area contributed by atoms with Gasteiger partial charge in [-0.1, -0.05) is 12.8 Å². The molecule has 0 spiro atoms. The van der Waals surface area contributed by atoms with Crippen LogP contribution >= 0.6 is 0 Å². The van der Waals surface area contributed by atoms with E-state index in [0.29, 0.717) is 19.5 Å². The van der Waals surface area contributed by atoms with Gasteiger partial charge in [0, 0.05) is 19.4 Å². The molecule has 5 heteroatoms. The molecule has 0 bridgehead atoms. The summed E-state index contributed by atoms with van der Waals surface area (Å²) in [7, 11) is 0. The van der Waals surface area contributed by atoms with E-state index in [0.717, 1.165) is 32.1 Å². The molecule has 0 heterocycles. The standard InChI is InChI=1S/C11H22N2O3/c12-8-5-6-10(14)13-9-4-2-1-3-7-11(15)16/h1-9,12H2,(H,13,14)(H,15,16). The van der Waals surface area contributed by atoms with Crippen LogP contribution in [-0.4, -0.2) is 30.1 Å². The molecule has 0 aromatic rings. The Morgan fingerprint density at radius 1 is 1.00 bits per heavy atom. The van der Waals surface area contributed by atoms with Crippen LogP contribution in [0.1, 0.15) is 44.9 Å². The molecule has 0 rings (SSSR count). The van der Waals surface area contributed by atoms with Gasteiger partial charge in [0.05, 0.1) is 0 Å². The van der Waals surface area contributed by atoms with Crippen LogP contribution in [0.3, 0.4) is 0 Å². The quantitative estimate of drug-likeness (QED) is 0.486. The number of hydrogen-bond donors (Lipinski definition) is 3. The Bertz CT molecular complexity index is 207. The minimum Gasteiger partial charge on any atom is -0.481 e. The molecule has 1 amide bonds. The SMILES string of the molecule is NCCCC(=O)NCCCCCCC(=O)O. The molecule has 0 aromatic carbocycles. The van der Waals surface area contributed by atoms with Crippen molar-refractivity contribution in [1.82, 2.24) is 5.32 Å². The van der Waals surface area contributed by atoms with Crippen LogP contribution in [0.25, 0.3) is 0 Å². The smallest absolute Gasteiger partial charge is 0.303 e. The average Bonchev–Trinajstić information content (AvgIpc) is 2.24. The van der Waals surface area contributed by atoms with Gasteiger partial charge in [-0.05, 0) is 25.8 Å². The van der Waals surface area contributed by atoms with Gasteiger partial charge in [0.2, 0.25) is 5.91 Å². The highest BCUT2D eigenvalue weighted by molar-refractivity contribution is 5.75. The Morgan fingerprint density at radius 2 is 1.69 bits per heavy atom. The van der Waals surface area contributed by atoms with Crippen molar-refractivity contribution in [3.8, 4) is 0 Å². The number of carboxylic acid groups (broad SMARTS) is 1. The van der Waals surface area contributed by atoms with E-state index in [9.17, 15) is 9.59 Å². The monoisotopic (exact) mass is 230 g/mol. The average molecular weight is 230 g/mol. The minimum absolute atomic E-state index is 0.0518. The minimum atomic E-state index is -0.741. The molecule has 0 saturated heterocycles. The summed E-state index contributed by atoms with van der Waals surface area (Å²) in [6.45, 7) is 1.22. The normalized spacial score (nSPS) is 10.1. The first-order valence-corrected chi connectivity index (χ1v) is 5.85. The summed E-state index contributed by atoms with van der Waals surface area (Å²) in [5, 5.41) is 11.2. The lowest BCUT2D eigenvalue weighted by molar-refractivity contribution is -0.137. The number of nitrogens with one attached hydrogen (secondary N) is 1. The van der Waals surface area contributed by atoms with Crippen molar-refractivity contribution in [3.05, 3.63) is 0 Å². The van der Waals surface area contributed by atoms with Crippen LogP contribution in [0.15, 0.2) is 0 Å². The van der Waals surface area contributed by atoms with Gasteiger partial charge in [-0.15, -0.1) is 0 Å². The molecular formula is C11H22N2O3. The fourth-order valence-electron chi connectivity index (χ4n) is 1.33. The third-order valence-corrected chi connectivity index (χ3v) is 2.25. The van der Waals surface area contributed by atoms with Gasteiger partial charge in [-0.25, -0.2) is 0 Å². The summed E-state index contributed by atoms with van der Waals surface area (Å²) in [4.78, 5) is 21.3. The predicted octanol–water partition coefficient (Wildman–Crippen LogP) is 0.877. The van der Waals surface area contributed by atoms with E-state index in [4.69, 9.17) is 10.8 Å². The van der Waals surface area contributed by atoms with Gasteiger partial charge in [0.1, 0.15) is 0 Å². The van der Waals surface area contributed by atoms with Crippen LogP contribution in [0.4, 0.5) is 0 Å². The Balaban J connectivity index is 3.14. The first-order valence-electron chi connectivity index (χ1n) is 5.85. The zero-order valence-electron chi connectivity index (χ0n) is 9.71. The molecular weight excluding hydrogens is 208 g/mol. The molecule has 0 unspecified atom stereocenters. The van der Waals surface area contributed by atoms with E-state index >= 15 is 0 Å². The summed E-state index contributed by atoms with van der Waals surface area (Å²) in [5.74, 6) is -0.689. The van der Waals surface area contributed by atoms with E-state index < -0.39 is 5.97 Å². The summed E-state index contributed by atoms with van der Waals surface area (Å²) in [5.41, 5.74) is 5.28. The van der Waals surface area contributed by atoms with E-state index in [1.54, 1.807) is 0 Å². The van der Waals surface area contributed by atoms with Gasteiger partial charge in [0.25, 0.3) is 0 Å². The maximum absolute atomic E-state index is 11.1. The fraction of sp³-hybridized carbons (Fsp3) is 0.818. The zero-order valence-corrected chi connectivity index (χ0v) is 9.71. The largest absolute Gasteiger partial charge is 0.481 e. The van der Waals surface area contributed by atoms with Gasteiger partial charge in [0.15, 0.2) is 0 Å². The van der Waals surface area contributed by atoms with Crippen molar-refractivity contribution < 1.29 is 14.7 Å². The molecule has 0 saturated carbocycles. The molecule has 0 aliphatic carbocycles. The summed E-state index contributed by atoms with van der Waals surface area (Å²) in [6, 6.07) is 0. The topological polar surface area (TPSA) is 92.4 Å². The summed E-state index contributed by atoms with van der Waals surface area (Å²) >= 11 is 0. The van der Waals surface area contributed by atoms with Crippen LogP contribution in [0, 0.1) is 0 Å². The number of nitrogens with two attached hydrogens (primary N) is 1. The predicted molar refractivity (Wildman–Crippen MR) is 62.0 cm³/mol. The number of unbranched alkanes of at least 4 members (excludes halogenated alkanes) is 3. The van der Waals surface area contributed by atoms with Crippen LogP contribution in [0.2, 0.25) is 0 Å². The van der Waals surface area contributed by atoms with Crippen molar-refractivity contribution in [2.24, 2.45) is 5.73 Å². The van der Waals surface area contributed by atoms with Gasteiger partial charge >= 0.3 is 5.97 Å². The number of carbonyl (C=O) groups is 2. The molecule has 5 nitrogen and oxygen atoms in total. The first kappa shape index (κ1) is 14.9. The highest BCUT2D eigenvalue weighted by Crippen LogP contribution is 2.02. The number of hydrogen-bond acceptors (Lipinski definition) is 3. The highest BCUT2D eigenvalue weighted by atomic mass is 16.4. The maximum atomic E-state index is 11.1. The van der Waals surface area contributed by atoms with E-state index in [1.165, 1.54) is 0 Å². The number of aliphatic carboxylic acids is 1. The fourth-order valence-corrected chi connectivity index (χ4v) is 1.33. The Hall–Kier alpha value is -1.10. The maximum Gasteiger partial charge on any atom is 0.303 e. The van der Waals surface area contributed by atoms with Gasteiger partial charge < -0.3 is 16.2 Å². The number of amides is 1. The number of rotatable bonds is 10. The summed E-state index contributed by atoms with van der Waals surface area (Å²) in [6.07, 6.45) is 4.96. The molecule has 0 fully saturated rings. The second-order valence-electron chi connectivity index (χ2n) is 3.80. The van der Waals surface area contributed by atoms with E-state index in [-0.39, 0.29) is 12.3 Å². The molecule has 16 heavy (non-hydrogen) atoms. The second-order valence-corrected chi connectivity index (χ2v) is 3.80. The number of carboxylic acids is 1. The second kappa shape index (κ2) is 10.4. The van der Waals surface area contributed by atoms with Gasteiger partial charge in [-0.2, -0.15) is 0 Å². The zero-order chi connectivity index (χ0) is 12.2. The van der Waals surface area contributed by atoms with E-state index in [2.05, 4.69) is 5.32 Å². The molecule has 0 aromatic heterocycles. The molecule has 0 aliphatic heterocycles. The first-order chi connectivity index (χ1) is 7.66. The Kier molecular flexibility index (Phi) is 9.70. The molecule has 94 valence electrons. The summed E-state index contributed by atoms with van der Waals surface area (Å²) < 4.78 is 0. The van der Waals surface area contributed by atoms with Crippen LogP contribution in [0.5, 0.6) is 0 Å². The van der Waals surface area contributed by atoms with Gasteiger partial charge in [-0.3, -0.25) is 9.59 Å². The Morgan fingerprint density at radius 3 is 2.31 bits per heavy atom. The lowest BCUT2D eigenvalue weighted by Gasteiger charge is -2.04. The number of carbonyl (C=O) groups excluding carboxylic acids is 1. The highest BCUT2D eigenvalue weighted by Gasteiger charge is 1.99. The molecule has 4 N–H and O–H groups in total. The van der Waals surface area contributed by atoms with Crippen molar-refractivity contribution in [2.45, 2.75) is 44.9 Å². The lowest BCUT2D eigenvalue weighted by atomic mass is 10.1. The van der Waals surface area contributed by atoms with E-state index in [1.807, 2.05) is 0 Å². The third-order valence-electron chi connectivity index (χ3n) is 2.25. The molecule has 0 atom stereocenters.